The van der Waals surface area contributed by atoms with Gasteiger partial charge in [-0.05, 0) is 49.2 Å². The number of aryl methyl sites for hydroxylation is 2. The maximum atomic E-state index is 12.0. The van der Waals surface area contributed by atoms with Crippen LogP contribution >= 0.6 is 0 Å². The molecule has 0 aliphatic heterocycles. The Morgan fingerprint density at radius 3 is 2.78 bits per heavy atom. The minimum atomic E-state index is -0.214. The second kappa shape index (κ2) is 6.44. The Balaban J connectivity index is 1.67. The molecule has 0 aliphatic rings. The largest absolute Gasteiger partial charge is 0.481 e. The smallest absolute Gasteiger partial charge is 0.262 e. The highest BCUT2D eigenvalue weighted by Crippen LogP contribution is 2.22. The summed E-state index contributed by atoms with van der Waals surface area (Å²) in [5, 5.41) is 11.6. The van der Waals surface area contributed by atoms with Gasteiger partial charge in [-0.3, -0.25) is 4.79 Å². The summed E-state index contributed by atoms with van der Waals surface area (Å²) in [7, 11) is 0. The van der Waals surface area contributed by atoms with Crippen molar-refractivity contribution in [3.63, 3.8) is 0 Å². The van der Waals surface area contributed by atoms with Gasteiger partial charge in [0.25, 0.3) is 5.91 Å². The van der Waals surface area contributed by atoms with E-state index in [1.165, 1.54) is 11.8 Å². The fourth-order valence-corrected chi connectivity index (χ4v) is 2.26. The van der Waals surface area contributed by atoms with Crippen LogP contribution in [0.2, 0.25) is 0 Å². The Labute approximate surface area is 134 Å². The second-order valence-corrected chi connectivity index (χ2v) is 5.36. The lowest BCUT2D eigenvalue weighted by Gasteiger charge is -2.10. The number of aromatic nitrogens is 2. The summed E-state index contributed by atoms with van der Waals surface area (Å²) in [6.45, 7) is 3.96. The van der Waals surface area contributed by atoms with Crippen molar-refractivity contribution in [3.05, 3.63) is 59.8 Å². The molecule has 0 spiro atoms. The number of rotatable bonds is 4. The first-order valence-electron chi connectivity index (χ1n) is 7.34. The Hall–Kier alpha value is -2.95. The zero-order chi connectivity index (χ0) is 16.2. The predicted octanol–water partition coefficient (Wildman–Crippen LogP) is 3.26. The van der Waals surface area contributed by atoms with Gasteiger partial charge in [-0.25, -0.2) is 0 Å². The Morgan fingerprint density at radius 1 is 1.13 bits per heavy atom. The normalized spacial score (nSPS) is 10.5. The van der Waals surface area contributed by atoms with Gasteiger partial charge in [-0.1, -0.05) is 18.2 Å². The fraction of sp³-hybridized carbons (Fsp3) is 0.167. The van der Waals surface area contributed by atoms with Crippen LogP contribution in [0.4, 0.5) is 5.69 Å². The minimum absolute atomic E-state index is 0.0807. The minimum Gasteiger partial charge on any atom is -0.481 e. The van der Waals surface area contributed by atoms with Crippen LogP contribution in [0.1, 0.15) is 11.1 Å². The van der Waals surface area contributed by atoms with Crippen LogP contribution in [0.15, 0.2) is 48.7 Å². The molecule has 0 fully saturated rings. The number of amides is 1. The third kappa shape index (κ3) is 3.45. The van der Waals surface area contributed by atoms with E-state index in [1.54, 1.807) is 0 Å². The number of ether oxygens (including phenoxy) is 1. The van der Waals surface area contributed by atoms with Crippen LogP contribution in [0.5, 0.6) is 5.75 Å². The van der Waals surface area contributed by atoms with E-state index < -0.39 is 0 Å². The average molecular weight is 307 g/mol. The fourth-order valence-electron chi connectivity index (χ4n) is 2.26. The van der Waals surface area contributed by atoms with Crippen molar-refractivity contribution >= 4 is 22.5 Å². The molecule has 0 radical (unpaired) electrons. The van der Waals surface area contributed by atoms with E-state index >= 15 is 0 Å². The molecule has 1 aromatic heterocycles. The van der Waals surface area contributed by atoms with Gasteiger partial charge in [0, 0.05) is 11.1 Å². The van der Waals surface area contributed by atoms with Gasteiger partial charge in [0.1, 0.15) is 5.75 Å². The lowest BCUT2D eigenvalue weighted by atomic mass is 10.1. The van der Waals surface area contributed by atoms with Crippen molar-refractivity contribution in [2.45, 2.75) is 13.8 Å². The molecule has 0 saturated heterocycles. The van der Waals surface area contributed by atoms with E-state index in [1.807, 2.05) is 56.3 Å². The van der Waals surface area contributed by atoms with Crippen LogP contribution in [0.3, 0.4) is 0 Å². The van der Waals surface area contributed by atoms with Crippen LogP contribution in [-0.4, -0.2) is 22.7 Å². The molecule has 116 valence electrons. The van der Waals surface area contributed by atoms with Crippen molar-refractivity contribution in [2.24, 2.45) is 0 Å². The molecule has 23 heavy (non-hydrogen) atoms. The zero-order valence-corrected chi connectivity index (χ0v) is 13.0. The van der Waals surface area contributed by atoms with Gasteiger partial charge in [0.2, 0.25) is 0 Å². The third-order valence-electron chi connectivity index (χ3n) is 3.66. The lowest BCUT2D eigenvalue weighted by molar-refractivity contribution is -0.118. The van der Waals surface area contributed by atoms with Crippen molar-refractivity contribution in [1.82, 2.24) is 10.2 Å². The summed E-state index contributed by atoms with van der Waals surface area (Å²) >= 11 is 0. The van der Waals surface area contributed by atoms with E-state index in [0.717, 1.165) is 22.2 Å². The number of hydrogen-bond donors (Lipinski definition) is 1. The molecular formula is C18H17N3O2. The molecule has 0 bridgehead atoms. The van der Waals surface area contributed by atoms with Gasteiger partial charge < -0.3 is 10.1 Å². The standard InChI is InChI=1S/C18H17N3O2/c1-12-7-8-14(9-13(12)2)20-18(22)11-23-17-10-19-21-16-6-4-3-5-15(16)17/h3-10H,11H2,1-2H3,(H,20,22). The highest BCUT2D eigenvalue weighted by atomic mass is 16.5. The summed E-state index contributed by atoms with van der Waals surface area (Å²) in [5.74, 6) is 0.333. The van der Waals surface area contributed by atoms with Crippen molar-refractivity contribution in [2.75, 3.05) is 11.9 Å². The maximum absolute atomic E-state index is 12.0. The SMILES string of the molecule is Cc1ccc(NC(=O)COc2cnnc3ccccc23)cc1C. The number of nitrogens with zero attached hydrogens (tertiary/aromatic N) is 2. The predicted molar refractivity (Wildman–Crippen MR) is 89.6 cm³/mol. The quantitative estimate of drug-likeness (QED) is 0.803. The lowest BCUT2D eigenvalue weighted by Crippen LogP contribution is -2.20. The van der Waals surface area contributed by atoms with Gasteiger partial charge >= 0.3 is 0 Å². The van der Waals surface area contributed by atoms with E-state index in [-0.39, 0.29) is 12.5 Å². The topological polar surface area (TPSA) is 64.1 Å². The summed E-state index contributed by atoms with van der Waals surface area (Å²) in [6.07, 6.45) is 1.52. The Morgan fingerprint density at radius 2 is 1.96 bits per heavy atom. The molecule has 2 aromatic carbocycles. The van der Waals surface area contributed by atoms with Crippen LogP contribution in [0.25, 0.3) is 10.9 Å². The third-order valence-corrected chi connectivity index (χ3v) is 3.66. The van der Waals surface area contributed by atoms with Gasteiger partial charge in [0.15, 0.2) is 6.61 Å². The summed E-state index contributed by atoms with van der Waals surface area (Å²) in [5.41, 5.74) is 3.82. The van der Waals surface area contributed by atoms with Crippen molar-refractivity contribution in [3.8, 4) is 5.75 Å². The first kappa shape index (κ1) is 15.0. The number of nitrogens with one attached hydrogen (secondary N) is 1. The van der Waals surface area contributed by atoms with Crippen molar-refractivity contribution < 1.29 is 9.53 Å². The molecule has 3 aromatic rings. The zero-order valence-electron chi connectivity index (χ0n) is 13.0. The summed E-state index contributed by atoms with van der Waals surface area (Å²) in [4.78, 5) is 12.0. The van der Waals surface area contributed by atoms with Gasteiger partial charge in [0.05, 0.1) is 11.7 Å². The molecule has 3 rings (SSSR count). The molecular weight excluding hydrogens is 290 g/mol. The molecule has 1 amide bonds. The second-order valence-electron chi connectivity index (χ2n) is 5.36. The van der Waals surface area contributed by atoms with E-state index in [0.29, 0.717) is 5.75 Å². The summed E-state index contributed by atoms with van der Waals surface area (Å²) < 4.78 is 5.59. The van der Waals surface area contributed by atoms with Crippen molar-refractivity contribution in [1.29, 1.82) is 0 Å². The molecule has 0 atom stereocenters. The Bertz CT molecular complexity index is 857. The highest BCUT2D eigenvalue weighted by molar-refractivity contribution is 5.92. The van der Waals surface area contributed by atoms with E-state index in [2.05, 4.69) is 15.5 Å². The number of carbonyl (C=O) groups excluding carboxylic acids is 1. The average Bonchev–Trinajstić information content (AvgIpc) is 2.56. The van der Waals surface area contributed by atoms with E-state index in [4.69, 9.17) is 4.74 Å². The number of carbonyl (C=O) groups is 1. The molecule has 5 nitrogen and oxygen atoms in total. The first-order chi connectivity index (χ1) is 11.1. The number of fused-ring (bicyclic) bond motifs is 1. The first-order valence-corrected chi connectivity index (χ1v) is 7.34. The number of benzene rings is 2. The number of anilines is 1. The Kier molecular flexibility index (Phi) is 4.19. The highest BCUT2D eigenvalue weighted by Gasteiger charge is 2.08. The van der Waals surface area contributed by atoms with E-state index in [9.17, 15) is 4.79 Å². The molecule has 5 heteroatoms. The monoisotopic (exact) mass is 307 g/mol. The van der Waals surface area contributed by atoms with Crippen LogP contribution in [0, 0.1) is 13.8 Å². The molecule has 0 aliphatic carbocycles. The summed E-state index contributed by atoms with van der Waals surface area (Å²) in [6, 6.07) is 13.3. The molecule has 0 unspecified atom stereocenters. The van der Waals surface area contributed by atoms with Gasteiger partial charge in [-0.15, -0.1) is 0 Å². The number of hydrogen-bond acceptors (Lipinski definition) is 4. The van der Waals surface area contributed by atoms with Crippen LogP contribution < -0.4 is 10.1 Å². The molecule has 1 heterocycles. The van der Waals surface area contributed by atoms with Gasteiger partial charge in [-0.2, -0.15) is 10.2 Å². The molecule has 0 saturated carbocycles. The van der Waals surface area contributed by atoms with Crippen LogP contribution in [-0.2, 0) is 4.79 Å². The maximum Gasteiger partial charge on any atom is 0.262 e. The molecule has 1 N–H and O–H groups in total.